The van der Waals surface area contributed by atoms with Gasteiger partial charge in [-0.05, 0) is 25.7 Å². The van der Waals surface area contributed by atoms with E-state index in [0.29, 0.717) is 12.3 Å². The normalized spacial score (nSPS) is 20.3. The highest BCUT2D eigenvalue weighted by Crippen LogP contribution is 2.20. The summed E-state index contributed by atoms with van der Waals surface area (Å²) in [5, 5.41) is 15.2. The minimum atomic E-state index is -0.181. The summed E-state index contributed by atoms with van der Waals surface area (Å²) in [5.41, 5.74) is 0. The van der Waals surface area contributed by atoms with Gasteiger partial charge in [-0.3, -0.25) is 5.32 Å². The third-order valence-electron chi connectivity index (χ3n) is 3.02. The van der Waals surface area contributed by atoms with E-state index >= 15 is 0 Å². The molecular weight excluding hydrogens is 222 g/mol. The van der Waals surface area contributed by atoms with E-state index in [0.717, 1.165) is 25.8 Å². The van der Waals surface area contributed by atoms with E-state index in [1.54, 1.807) is 11.0 Å². The lowest BCUT2D eigenvalue weighted by Crippen LogP contribution is -2.46. The van der Waals surface area contributed by atoms with Crippen LogP contribution in [0.5, 0.6) is 0 Å². The zero-order valence-corrected chi connectivity index (χ0v) is 9.63. The molecule has 0 aliphatic carbocycles. The lowest BCUT2D eigenvalue weighted by atomic mass is 10.0. The summed E-state index contributed by atoms with van der Waals surface area (Å²) < 4.78 is 4.83. The molecule has 1 atom stereocenters. The fraction of sp³-hybridized carbons (Fsp3) is 0.636. The number of piperidine rings is 1. The molecule has 2 heterocycles. The second-order valence-corrected chi connectivity index (χ2v) is 4.16. The van der Waals surface area contributed by atoms with Gasteiger partial charge in [0, 0.05) is 25.3 Å². The van der Waals surface area contributed by atoms with Crippen molar-refractivity contribution in [1.82, 2.24) is 10.1 Å². The number of anilines is 1. The Bertz CT molecular complexity index is 351. The molecule has 17 heavy (non-hydrogen) atoms. The van der Waals surface area contributed by atoms with Crippen molar-refractivity contribution in [2.45, 2.75) is 31.7 Å². The standard InChI is InChI=1S/C11H17N3O3/c15-8-5-9-3-1-2-7-14(9)11(16)13-10-4-6-12-17-10/h4,6,9,15H,1-3,5,7-8H2,(H,13,16). The Balaban J connectivity index is 1.96. The number of likely N-dealkylation sites (tertiary alicyclic amines) is 1. The van der Waals surface area contributed by atoms with Crippen molar-refractivity contribution in [3.05, 3.63) is 12.3 Å². The molecule has 1 aromatic rings. The van der Waals surface area contributed by atoms with Gasteiger partial charge in [0.1, 0.15) is 0 Å². The maximum atomic E-state index is 12.0. The van der Waals surface area contributed by atoms with Crippen molar-refractivity contribution in [2.24, 2.45) is 0 Å². The van der Waals surface area contributed by atoms with Gasteiger partial charge in [0.15, 0.2) is 0 Å². The molecule has 1 aliphatic rings. The van der Waals surface area contributed by atoms with Gasteiger partial charge in [0.2, 0.25) is 5.88 Å². The fourth-order valence-corrected chi connectivity index (χ4v) is 2.17. The molecule has 0 aromatic carbocycles. The van der Waals surface area contributed by atoms with E-state index in [4.69, 9.17) is 9.63 Å². The Kier molecular flexibility index (Phi) is 3.98. The number of nitrogens with zero attached hydrogens (tertiary/aromatic N) is 2. The molecule has 6 nitrogen and oxygen atoms in total. The minimum Gasteiger partial charge on any atom is -0.396 e. The summed E-state index contributed by atoms with van der Waals surface area (Å²) in [6.07, 6.45) is 5.17. The average Bonchev–Trinajstić information content (AvgIpc) is 2.83. The monoisotopic (exact) mass is 239 g/mol. The number of aliphatic hydroxyl groups excluding tert-OH is 1. The van der Waals surface area contributed by atoms with Crippen LogP contribution in [-0.2, 0) is 0 Å². The molecule has 6 heteroatoms. The summed E-state index contributed by atoms with van der Waals surface area (Å²) >= 11 is 0. The maximum Gasteiger partial charge on any atom is 0.324 e. The predicted molar refractivity (Wildman–Crippen MR) is 61.6 cm³/mol. The van der Waals surface area contributed by atoms with Crippen LogP contribution in [0.2, 0.25) is 0 Å². The molecule has 94 valence electrons. The van der Waals surface area contributed by atoms with Crippen LogP contribution in [0.15, 0.2) is 16.8 Å². The van der Waals surface area contributed by atoms with Gasteiger partial charge in [-0.2, -0.15) is 0 Å². The largest absolute Gasteiger partial charge is 0.396 e. The van der Waals surface area contributed by atoms with Crippen LogP contribution in [-0.4, -0.2) is 40.4 Å². The molecule has 2 amide bonds. The number of urea groups is 1. The molecule has 1 aromatic heterocycles. The van der Waals surface area contributed by atoms with Gasteiger partial charge in [0.05, 0.1) is 6.20 Å². The van der Waals surface area contributed by atoms with E-state index in [2.05, 4.69) is 10.5 Å². The van der Waals surface area contributed by atoms with Crippen LogP contribution in [0.3, 0.4) is 0 Å². The number of nitrogens with one attached hydrogen (secondary N) is 1. The Morgan fingerprint density at radius 2 is 2.53 bits per heavy atom. The van der Waals surface area contributed by atoms with Crippen LogP contribution in [0.4, 0.5) is 10.7 Å². The second-order valence-electron chi connectivity index (χ2n) is 4.16. The van der Waals surface area contributed by atoms with Gasteiger partial charge in [-0.25, -0.2) is 4.79 Å². The van der Waals surface area contributed by atoms with E-state index in [9.17, 15) is 4.79 Å². The Morgan fingerprint density at radius 3 is 3.24 bits per heavy atom. The zero-order chi connectivity index (χ0) is 12.1. The molecule has 1 fully saturated rings. The van der Waals surface area contributed by atoms with E-state index in [1.165, 1.54) is 6.20 Å². The minimum absolute atomic E-state index is 0.108. The van der Waals surface area contributed by atoms with Crippen molar-refractivity contribution in [1.29, 1.82) is 0 Å². The fourth-order valence-electron chi connectivity index (χ4n) is 2.17. The Hall–Kier alpha value is -1.56. The highest BCUT2D eigenvalue weighted by molar-refractivity contribution is 5.88. The van der Waals surface area contributed by atoms with Gasteiger partial charge in [-0.1, -0.05) is 5.16 Å². The number of carbonyl (C=O) groups is 1. The van der Waals surface area contributed by atoms with Crippen LogP contribution < -0.4 is 5.32 Å². The van der Waals surface area contributed by atoms with Gasteiger partial charge >= 0.3 is 6.03 Å². The molecule has 0 saturated carbocycles. The maximum absolute atomic E-state index is 12.0. The Morgan fingerprint density at radius 1 is 1.65 bits per heavy atom. The van der Waals surface area contributed by atoms with Crippen molar-refractivity contribution in [3.63, 3.8) is 0 Å². The smallest absolute Gasteiger partial charge is 0.324 e. The average molecular weight is 239 g/mol. The SMILES string of the molecule is O=C(Nc1ccno1)N1CCCCC1CCO. The Labute approximate surface area is 99.6 Å². The molecule has 2 rings (SSSR count). The van der Waals surface area contributed by atoms with Crippen LogP contribution in [0, 0.1) is 0 Å². The van der Waals surface area contributed by atoms with Crippen molar-refractivity contribution >= 4 is 11.9 Å². The molecule has 0 radical (unpaired) electrons. The molecule has 1 unspecified atom stereocenters. The molecule has 0 bridgehead atoms. The van der Waals surface area contributed by atoms with Crippen molar-refractivity contribution in [2.75, 3.05) is 18.5 Å². The van der Waals surface area contributed by atoms with Crippen molar-refractivity contribution in [3.8, 4) is 0 Å². The first kappa shape index (κ1) is 11.9. The summed E-state index contributed by atoms with van der Waals surface area (Å²) in [6.45, 7) is 0.835. The third kappa shape index (κ3) is 2.97. The summed E-state index contributed by atoms with van der Waals surface area (Å²) in [6, 6.07) is 1.54. The first-order chi connectivity index (χ1) is 8.31. The van der Waals surface area contributed by atoms with Crippen LogP contribution in [0.25, 0.3) is 0 Å². The van der Waals surface area contributed by atoms with E-state index in [1.807, 2.05) is 0 Å². The lowest BCUT2D eigenvalue weighted by molar-refractivity contribution is 0.140. The predicted octanol–water partition coefficient (Wildman–Crippen LogP) is 1.44. The number of aliphatic hydroxyl groups is 1. The van der Waals surface area contributed by atoms with Gasteiger partial charge in [0.25, 0.3) is 0 Å². The third-order valence-corrected chi connectivity index (χ3v) is 3.02. The topological polar surface area (TPSA) is 78.6 Å². The van der Waals surface area contributed by atoms with Gasteiger partial charge < -0.3 is 14.5 Å². The number of hydrogen-bond donors (Lipinski definition) is 2. The first-order valence-corrected chi connectivity index (χ1v) is 5.90. The highest BCUT2D eigenvalue weighted by atomic mass is 16.5. The summed E-state index contributed by atoms with van der Waals surface area (Å²) in [5.74, 6) is 0.350. The number of amides is 2. The highest BCUT2D eigenvalue weighted by Gasteiger charge is 2.26. The molecule has 1 aliphatic heterocycles. The summed E-state index contributed by atoms with van der Waals surface area (Å²) in [4.78, 5) is 13.8. The van der Waals surface area contributed by atoms with E-state index in [-0.39, 0.29) is 18.7 Å². The zero-order valence-electron chi connectivity index (χ0n) is 9.63. The quantitative estimate of drug-likeness (QED) is 0.836. The van der Waals surface area contributed by atoms with Crippen LogP contribution in [0.1, 0.15) is 25.7 Å². The number of carbonyl (C=O) groups excluding carboxylic acids is 1. The van der Waals surface area contributed by atoms with E-state index < -0.39 is 0 Å². The van der Waals surface area contributed by atoms with Gasteiger partial charge in [-0.15, -0.1) is 0 Å². The molecule has 0 spiro atoms. The van der Waals surface area contributed by atoms with Crippen LogP contribution >= 0.6 is 0 Å². The summed E-state index contributed by atoms with van der Waals surface area (Å²) in [7, 11) is 0. The second kappa shape index (κ2) is 5.67. The number of hydrogen-bond acceptors (Lipinski definition) is 4. The lowest BCUT2D eigenvalue weighted by Gasteiger charge is -2.35. The number of aromatic nitrogens is 1. The number of rotatable bonds is 3. The molecule has 1 saturated heterocycles. The first-order valence-electron chi connectivity index (χ1n) is 5.90. The molecular formula is C11H17N3O3. The molecule has 2 N–H and O–H groups in total. The van der Waals surface area contributed by atoms with Crippen molar-refractivity contribution < 1.29 is 14.4 Å².